The molecular weight excluding hydrogens is 283 g/mol. The Morgan fingerprint density at radius 2 is 2.00 bits per heavy atom. The van der Waals surface area contributed by atoms with Crippen LogP contribution in [0.1, 0.15) is 39.1 Å². The number of piperazine rings is 1. The van der Waals surface area contributed by atoms with E-state index in [9.17, 15) is 14.4 Å². The molecule has 0 aliphatic carbocycles. The lowest BCUT2D eigenvalue weighted by molar-refractivity contribution is -0.147. The predicted octanol–water partition coefficient (Wildman–Crippen LogP) is 0.0492. The van der Waals surface area contributed by atoms with Gasteiger partial charge in [0.1, 0.15) is 20.1 Å². The molecule has 1 aromatic rings. The molecule has 2 heterocycles. The molecule has 1 fully saturated rings. The Hall–Kier alpha value is -2.38. The Labute approximate surface area is 129 Å². The SMILES string of the molecule is [B]/C(=C1/NC(=O)CN(C(C)=O)C1=O)c1nc[nH]c1C(C)(C)C. The van der Waals surface area contributed by atoms with E-state index >= 15 is 0 Å². The Morgan fingerprint density at radius 3 is 2.55 bits per heavy atom. The van der Waals surface area contributed by atoms with Crippen LogP contribution in [-0.4, -0.2) is 47.0 Å². The van der Waals surface area contributed by atoms with Crippen molar-refractivity contribution in [2.75, 3.05) is 6.54 Å². The van der Waals surface area contributed by atoms with Gasteiger partial charge in [0.15, 0.2) is 0 Å². The van der Waals surface area contributed by atoms with Crippen LogP contribution in [0.15, 0.2) is 12.0 Å². The van der Waals surface area contributed by atoms with Crippen LogP contribution in [0.4, 0.5) is 0 Å². The van der Waals surface area contributed by atoms with Crippen LogP contribution in [-0.2, 0) is 19.8 Å². The summed E-state index contributed by atoms with van der Waals surface area (Å²) < 4.78 is 0. The first-order valence-corrected chi connectivity index (χ1v) is 6.79. The van der Waals surface area contributed by atoms with Crippen LogP contribution in [0.5, 0.6) is 0 Å². The molecule has 1 aromatic heterocycles. The van der Waals surface area contributed by atoms with Crippen molar-refractivity contribution >= 4 is 31.0 Å². The first-order valence-electron chi connectivity index (χ1n) is 6.79. The van der Waals surface area contributed by atoms with Gasteiger partial charge in [-0.15, -0.1) is 0 Å². The number of hydrogen-bond acceptors (Lipinski definition) is 4. The first-order chi connectivity index (χ1) is 10.1. The number of H-pyrrole nitrogens is 1. The maximum absolute atomic E-state index is 12.3. The van der Waals surface area contributed by atoms with Gasteiger partial charge in [0.2, 0.25) is 11.8 Å². The summed E-state index contributed by atoms with van der Waals surface area (Å²) in [7, 11) is 6.05. The fourth-order valence-corrected chi connectivity index (χ4v) is 2.21. The summed E-state index contributed by atoms with van der Waals surface area (Å²) in [5.41, 5.74) is 0.763. The topological polar surface area (TPSA) is 95.2 Å². The fraction of sp³-hybridized carbons (Fsp3) is 0.429. The van der Waals surface area contributed by atoms with Crippen molar-refractivity contribution in [2.24, 2.45) is 0 Å². The van der Waals surface area contributed by atoms with E-state index in [1.54, 1.807) is 0 Å². The van der Waals surface area contributed by atoms with Gasteiger partial charge in [0, 0.05) is 18.0 Å². The van der Waals surface area contributed by atoms with Gasteiger partial charge in [-0.1, -0.05) is 20.8 Å². The molecule has 7 nitrogen and oxygen atoms in total. The summed E-state index contributed by atoms with van der Waals surface area (Å²) in [6, 6.07) is 0. The highest BCUT2D eigenvalue weighted by Gasteiger charge is 2.33. The third-order valence-corrected chi connectivity index (χ3v) is 3.32. The number of imidazole rings is 1. The maximum atomic E-state index is 12.3. The molecule has 2 radical (unpaired) electrons. The highest BCUT2D eigenvalue weighted by Crippen LogP contribution is 2.28. The molecule has 2 rings (SSSR count). The fourth-order valence-electron chi connectivity index (χ4n) is 2.21. The van der Waals surface area contributed by atoms with Gasteiger partial charge in [0.05, 0.1) is 12.0 Å². The lowest BCUT2D eigenvalue weighted by Crippen LogP contribution is -2.52. The second-order valence-corrected chi connectivity index (χ2v) is 6.12. The van der Waals surface area contributed by atoms with E-state index in [2.05, 4.69) is 15.3 Å². The third-order valence-electron chi connectivity index (χ3n) is 3.32. The summed E-state index contributed by atoms with van der Waals surface area (Å²) in [5.74, 6) is -1.61. The number of aromatic nitrogens is 2. The highest BCUT2D eigenvalue weighted by molar-refractivity contribution is 6.45. The molecule has 1 aliphatic rings. The summed E-state index contributed by atoms with van der Waals surface area (Å²) in [5, 5.41) is 2.44. The predicted molar refractivity (Wildman–Crippen MR) is 80.5 cm³/mol. The van der Waals surface area contributed by atoms with Crippen molar-refractivity contribution in [2.45, 2.75) is 33.1 Å². The number of aromatic amines is 1. The zero-order chi connectivity index (χ0) is 16.7. The Morgan fingerprint density at radius 1 is 1.36 bits per heavy atom. The van der Waals surface area contributed by atoms with Crippen molar-refractivity contribution in [1.82, 2.24) is 20.2 Å². The number of carbonyl (C=O) groups is 3. The Bertz CT molecular complexity index is 685. The van der Waals surface area contributed by atoms with E-state index in [1.165, 1.54) is 13.3 Å². The zero-order valence-electron chi connectivity index (χ0n) is 13.0. The van der Waals surface area contributed by atoms with Crippen molar-refractivity contribution in [1.29, 1.82) is 0 Å². The third kappa shape index (κ3) is 2.81. The maximum Gasteiger partial charge on any atom is 0.276 e. The van der Waals surface area contributed by atoms with Gasteiger partial charge in [0.25, 0.3) is 5.91 Å². The van der Waals surface area contributed by atoms with Gasteiger partial charge < -0.3 is 10.3 Å². The summed E-state index contributed by atoms with van der Waals surface area (Å²) in [4.78, 5) is 43.5. The Balaban J connectivity index is 2.53. The van der Waals surface area contributed by atoms with Gasteiger partial charge in [-0.25, -0.2) is 4.98 Å². The molecule has 114 valence electrons. The van der Waals surface area contributed by atoms with Crippen LogP contribution >= 0.6 is 0 Å². The van der Waals surface area contributed by atoms with Gasteiger partial charge in [-0.2, -0.15) is 0 Å². The molecule has 1 saturated heterocycles. The minimum Gasteiger partial charge on any atom is -0.348 e. The quantitative estimate of drug-likeness (QED) is 0.566. The van der Waals surface area contributed by atoms with Gasteiger partial charge >= 0.3 is 0 Å². The van der Waals surface area contributed by atoms with E-state index in [0.29, 0.717) is 5.69 Å². The van der Waals surface area contributed by atoms with E-state index in [1.807, 2.05) is 20.8 Å². The van der Waals surface area contributed by atoms with Crippen molar-refractivity contribution in [3.8, 4) is 0 Å². The molecule has 2 N–H and O–H groups in total. The second kappa shape index (κ2) is 5.44. The largest absolute Gasteiger partial charge is 0.348 e. The van der Waals surface area contributed by atoms with Crippen LogP contribution in [0, 0.1) is 0 Å². The van der Waals surface area contributed by atoms with Crippen molar-refractivity contribution in [3.05, 3.63) is 23.4 Å². The highest BCUT2D eigenvalue weighted by atomic mass is 16.2. The summed E-state index contributed by atoms with van der Waals surface area (Å²) in [6.07, 6.45) is 1.47. The summed E-state index contributed by atoms with van der Waals surface area (Å²) in [6.45, 7) is 6.80. The van der Waals surface area contributed by atoms with Crippen LogP contribution < -0.4 is 5.32 Å². The standard InChI is InChI=1S/C14H17BN4O3/c1-7(20)19-5-8(21)18-11(13(19)22)9(15)10-12(14(2,3)4)17-6-16-10/h6H,5H2,1-4H3,(H,16,17)(H,18,21)/b11-9+. The number of rotatable bonds is 1. The Kier molecular flexibility index (Phi) is 3.95. The van der Waals surface area contributed by atoms with E-state index in [0.717, 1.165) is 10.6 Å². The number of imide groups is 1. The lowest BCUT2D eigenvalue weighted by Gasteiger charge is -2.27. The summed E-state index contributed by atoms with van der Waals surface area (Å²) >= 11 is 0. The molecule has 0 spiro atoms. The van der Waals surface area contributed by atoms with E-state index in [4.69, 9.17) is 7.85 Å². The normalized spacial score (nSPS) is 18.3. The van der Waals surface area contributed by atoms with Gasteiger partial charge in [-0.3, -0.25) is 19.3 Å². The molecule has 0 unspecified atom stereocenters. The molecule has 3 amide bonds. The first kappa shape index (κ1) is 16.0. The molecule has 0 bridgehead atoms. The van der Waals surface area contributed by atoms with E-state index in [-0.39, 0.29) is 23.1 Å². The number of carbonyl (C=O) groups excluding carboxylic acids is 3. The molecule has 0 atom stereocenters. The smallest absolute Gasteiger partial charge is 0.276 e. The average molecular weight is 300 g/mol. The van der Waals surface area contributed by atoms with Crippen LogP contribution in [0.2, 0.25) is 0 Å². The number of nitrogens with zero attached hydrogens (tertiary/aromatic N) is 2. The number of hydrogen-bond donors (Lipinski definition) is 2. The number of amides is 3. The second-order valence-electron chi connectivity index (χ2n) is 6.12. The molecule has 0 aromatic carbocycles. The minimum atomic E-state index is -0.632. The zero-order valence-corrected chi connectivity index (χ0v) is 13.0. The van der Waals surface area contributed by atoms with Crippen LogP contribution in [0.3, 0.4) is 0 Å². The average Bonchev–Trinajstić information content (AvgIpc) is 2.89. The molecule has 1 aliphatic heterocycles. The molecule has 22 heavy (non-hydrogen) atoms. The molecular formula is C14H17BN4O3. The monoisotopic (exact) mass is 300 g/mol. The van der Waals surface area contributed by atoms with Crippen molar-refractivity contribution in [3.63, 3.8) is 0 Å². The van der Waals surface area contributed by atoms with E-state index < -0.39 is 17.7 Å². The van der Waals surface area contributed by atoms with Crippen molar-refractivity contribution < 1.29 is 14.4 Å². The molecule has 0 saturated carbocycles. The number of nitrogens with one attached hydrogen (secondary N) is 2. The van der Waals surface area contributed by atoms with Gasteiger partial charge in [-0.05, 0) is 5.47 Å². The minimum absolute atomic E-state index is 0.0375. The molecule has 8 heteroatoms. The lowest BCUT2D eigenvalue weighted by atomic mass is 9.82. The van der Waals surface area contributed by atoms with Crippen LogP contribution in [0.25, 0.3) is 5.47 Å².